The molecule has 0 unspecified atom stereocenters. The predicted octanol–water partition coefficient (Wildman–Crippen LogP) is 6.91. The van der Waals surface area contributed by atoms with E-state index in [1.54, 1.807) is 6.07 Å². The Balaban J connectivity index is 1.37. The molecule has 1 fully saturated rings. The van der Waals surface area contributed by atoms with Crippen molar-refractivity contribution in [2.45, 2.75) is 38.6 Å². The fraction of sp³-hybridized carbons (Fsp3) is 0.345. The van der Waals surface area contributed by atoms with Crippen molar-refractivity contribution >= 4 is 16.7 Å². The second-order valence-electron chi connectivity index (χ2n) is 9.23. The normalized spacial score (nSPS) is 14.9. The lowest BCUT2D eigenvalue weighted by atomic mass is 10.0. The summed E-state index contributed by atoms with van der Waals surface area (Å²) in [5, 5.41) is 6.76. The number of likely N-dealkylation sites (tertiary alicyclic amines) is 1. The van der Waals surface area contributed by atoms with Crippen molar-refractivity contribution < 1.29 is 8.91 Å². The highest BCUT2D eigenvalue weighted by Gasteiger charge is 2.17. The number of anilines is 1. The van der Waals surface area contributed by atoms with E-state index in [-0.39, 0.29) is 5.82 Å². The summed E-state index contributed by atoms with van der Waals surface area (Å²) in [6, 6.07) is 23.4. The van der Waals surface area contributed by atoms with Crippen LogP contribution in [-0.2, 0) is 6.54 Å². The van der Waals surface area contributed by atoms with Gasteiger partial charge in [-0.3, -0.25) is 0 Å². The summed E-state index contributed by atoms with van der Waals surface area (Å²) < 4.78 is 19.6. The number of halogens is 1. The zero-order chi connectivity index (χ0) is 23.2. The third-order valence-corrected chi connectivity index (χ3v) is 6.77. The summed E-state index contributed by atoms with van der Waals surface area (Å²) in [4.78, 5) is 4.87. The van der Waals surface area contributed by atoms with Crippen LogP contribution in [0, 0.1) is 5.82 Å². The number of hydrogen-bond acceptors (Lipinski definition) is 4. The lowest BCUT2D eigenvalue weighted by Gasteiger charge is -2.25. The summed E-state index contributed by atoms with van der Waals surface area (Å²) in [6.45, 7) is 5.11. The summed E-state index contributed by atoms with van der Waals surface area (Å²) in [7, 11) is 0. The number of hydrogen-bond donors (Lipinski definition) is 0. The van der Waals surface area contributed by atoms with E-state index < -0.39 is 0 Å². The molecular weight excluding hydrogens is 425 g/mol. The third kappa shape index (κ3) is 5.48. The molecule has 3 aromatic carbocycles. The maximum Gasteiger partial charge on any atom is 0.228 e. The molecule has 0 aliphatic carbocycles. The van der Waals surface area contributed by atoms with Crippen LogP contribution in [0.4, 0.5) is 10.3 Å². The van der Waals surface area contributed by atoms with Gasteiger partial charge in [-0.25, -0.2) is 4.39 Å². The van der Waals surface area contributed by atoms with E-state index in [2.05, 4.69) is 57.4 Å². The van der Waals surface area contributed by atoms with Gasteiger partial charge in [0, 0.05) is 24.7 Å². The third-order valence-electron chi connectivity index (χ3n) is 6.77. The molecule has 4 nitrogen and oxygen atoms in total. The van der Waals surface area contributed by atoms with Crippen molar-refractivity contribution in [1.82, 2.24) is 10.1 Å². The standard InChI is InChI=1S/C29H32FN3O/c30-26-14-8-12-24(20-26)28-21-29(34-31-28)33(19-9-18-32-16-5-1-2-6-17-32)22-25-13-7-11-23-10-3-4-15-27(23)25/h3-4,7-8,10-15,20-21H,1-2,5-6,9,16-19,22H2. The van der Waals surface area contributed by atoms with E-state index in [0.29, 0.717) is 5.69 Å². The van der Waals surface area contributed by atoms with Crippen LogP contribution in [0.5, 0.6) is 0 Å². The van der Waals surface area contributed by atoms with Gasteiger partial charge in [0.15, 0.2) is 0 Å². The van der Waals surface area contributed by atoms with E-state index in [9.17, 15) is 4.39 Å². The van der Waals surface area contributed by atoms with E-state index in [1.807, 2.05) is 12.1 Å². The smallest absolute Gasteiger partial charge is 0.228 e. The molecule has 5 rings (SSSR count). The average Bonchev–Trinajstić information content (AvgIpc) is 3.21. The molecule has 4 aromatic rings. The number of benzene rings is 3. The van der Waals surface area contributed by atoms with Gasteiger partial charge in [-0.15, -0.1) is 0 Å². The van der Waals surface area contributed by atoms with E-state index in [0.717, 1.165) is 37.5 Å². The highest BCUT2D eigenvalue weighted by molar-refractivity contribution is 5.85. The molecule has 1 saturated heterocycles. The van der Waals surface area contributed by atoms with Crippen molar-refractivity contribution in [3.05, 3.63) is 84.2 Å². The Labute approximate surface area is 201 Å². The van der Waals surface area contributed by atoms with Crippen LogP contribution in [0.1, 0.15) is 37.7 Å². The van der Waals surface area contributed by atoms with Gasteiger partial charge in [0.05, 0.1) is 0 Å². The number of aromatic nitrogens is 1. The highest BCUT2D eigenvalue weighted by atomic mass is 19.1. The van der Waals surface area contributed by atoms with E-state index in [1.165, 1.54) is 67.2 Å². The van der Waals surface area contributed by atoms with Gasteiger partial charge < -0.3 is 14.3 Å². The molecular formula is C29H32FN3O. The minimum Gasteiger partial charge on any atom is -0.338 e. The van der Waals surface area contributed by atoms with Crippen molar-refractivity contribution in [1.29, 1.82) is 0 Å². The second kappa shape index (κ2) is 10.8. The Bertz CT molecular complexity index is 1210. The molecule has 5 heteroatoms. The van der Waals surface area contributed by atoms with Crippen LogP contribution in [0.3, 0.4) is 0 Å². The van der Waals surface area contributed by atoms with Gasteiger partial charge in [0.1, 0.15) is 11.5 Å². The minimum atomic E-state index is -0.271. The summed E-state index contributed by atoms with van der Waals surface area (Å²) in [5.41, 5.74) is 2.64. The first kappa shape index (κ1) is 22.6. The van der Waals surface area contributed by atoms with Crippen LogP contribution < -0.4 is 4.90 Å². The van der Waals surface area contributed by atoms with Gasteiger partial charge in [-0.2, -0.15) is 0 Å². The number of rotatable bonds is 8. The number of fused-ring (bicyclic) bond motifs is 1. The molecule has 176 valence electrons. The van der Waals surface area contributed by atoms with Crippen LogP contribution in [0.2, 0.25) is 0 Å². The summed E-state index contributed by atoms with van der Waals surface area (Å²) in [5.74, 6) is 0.454. The van der Waals surface area contributed by atoms with Crippen LogP contribution in [0.25, 0.3) is 22.0 Å². The maximum absolute atomic E-state index is 13.8. The fourth-order valence-corrected chi connectivity index (χ4v) is 4.95. The Morgan fingerprint density at radius 3 is 2.53 bits per heavy atom. The van der Waals surface area contributed by atoms with Crippen molar-refractivity contribution in [2.24, 2.45) is 0 Å². The molecule has 0 radical (unpaired) electrons. The van der Waals surface area contributed by atoms with E-state index in [4.69, 9.17) is 4.52 Å². The number of nitrogens with zero attached hydrogens (tertiary/aromatic N) is 3. The van der Waals surface area contributed by atoms with E-state index >= 15 is 0 Å². The Morgan fingerprint density at radius 1 is 0.882 bits per heavy atom. The Hall–Kier alpha value is -3.18. The van der Waals surface area contributed by atoms with Crippen molar-refractivity contribution in [2.75, 3.05) is 31.1 Å². The SMILES string of the molecule is Fc1cccc(-c2cc(N(CCCN3CCCCCC3)Cc3cccc4ccccc34)on2)c1. The summed E-state index contributed by atoms with van der Waals surface area (Å²) in [6.07, 6.45) is 6.37. The molecule has 0 N–H and O–H groups in total. The molecule has 1 aliphatic rings. The molecule has 0 saturated carbocycles. The minimum absolute atomic E-state index is 0.271. The van der Waals surface area contributed by atoms with Gasteiger partial charge in [0.25, 0.3) is 0 Å². The van der Waals surface area contributed by atoms with Gasteiger partial charge >= 0.3 is 0 Å². The maximum atomic E-state index is 13.8. The molecule has 1 aliphatic heterocycles. The average molecular weight is 458 g/mol. The Kier molecular flexibility index (Phi) is 7.20. The summed E-state index contributed by atoms with van der Waals surface area (Å²) >= 11 is 0. The first-order valence-corrected chi connectivity index (χ1v) is 12.4. The molecule has 0 bridgehead atoms. The molecule has 0 amide bonds. The topological polar surface area (TPSA) is 32.5 Å². The van der Waals surface area contributed by atoms with Gasteiger partial charge in [-0.05, 0) is 67.4 Å². The second-order valence-corrected chi connectivity index (χ2v) is 9.23. The van der Waals surface area contributed by atoms with Crippen molar-refractivity contribution in [3.8, 4) is 11.3 Å². The van der Waals surface area contributed by atoms with Crippen molar-refractivity contribution in [3.63, 3.8) is 0 Å². The lowest BCUT2D eigenvalue weighted by Crippen LogP contribution is -2.30. The monoisotopic (exact) mass is 457 g/mol. The molecule has 34 heavy (non-hydrogen) atoms. The van der Waals surface area contributed by atoms with Crippen LogP contribution in [-0.4, -0.2) is 36.2 Å². The molecule has 2 heterocycles. The predicted molar refractivity (Wildman–Crippen MR) is 136 cm³/mol. The fourth-order valence-electron chi connectivity index (χ4n) is 4.95. The highest BCUT2D eigenvalue weighted by Crippen LogP contribution is 2.28. The molecule has 0 spiro atoms. The van der Waals surface area contributed by atoms with Crippen LogP contribution in [0.15, 0.2) is 77.3 Å². The van der Waals surface area contributed by atoms with Gasteiger partial charge in [0.2, 0.25) is 5.88 Å². The largest absolute Gasteiger partial charge is 0.338 e. The molecule has 1 aromatic heterocycles. The van der Waals surface area contributed by atoms with Crippen LogP contribution >= 0.6 is 0 Å². The first-order valence-electron chi connectivity index (χ1n) is 12.4. The first-order chi connectivity index (χ1) is 16.8. The zero-order valence-electron chi connectivity index (χ0n) is 19.6. The Morgan fingerprint density at radius 2 is 1.68 bits per heavy atom. The lowest BCUT2D eigenvalue weighted by molar-refractivity contribution is 0.281. The zero-order valence-corrected chi connectivity index (χ0v) is 19.6. The quantitative estimate of drug-likeness (QED) is 0.288. The molecule has 0 atom stereocenters. The van der Waals surface area contributed by atoms with Gasteiger partial charge in [-0.1, -0.05) is 72.6 Å².